The second-order valence-corrected chi connectivity index (χ2v) is 4.74. The molecule has 0 unspecified atom stereocenters. The summed E-state index contributed by atoms with van der Waals surface area (Å²) in [5, 5.41) is 2.83. The Labute approximate surface area is 86.4 Å². The van der Waals surface area contributed by atoms with Crippen molar-refractivity contribution in [1.29, 1.82) is 0 Å². The number of amides is 1. The molecule has 0 spiro atoms. The molecule has 4 nitrogen and oxygen atoms in total. The lowest BCUT2D eigenvalue weighted by Crippen LogP contribution is -2.55. The zero-order valence-corrected chi connectivity index (χ0v) is 9.68. The number of nitrogens with one attached hydrogen (secondary N) is 1. The van der Waals surface area contributed by atoms with E-state index < -0.39 is 11.0 Å². The summed E-state index contributed by atoms with van der Waals surface area (Å²) >= 11 is 0. The van der Waals surface area contributed by atoms with Crippen molar-refractivity contribution in [3.8, 4) is 0 Å². The minimum Gasteiger partial charge on any atom is -0.356 e. The van der Waals surface area contributed by atoms with Gasteiger partial charge in [-0.3, -0.25) is 4.79 Å². The average Bonchev–Trinajstić information content (AvgIpc) is 2.02. The highest BCUT2D eigenvalue weighted by atomic mass is 16.2. The molecule has 0 atom stereocenters. The lowest BCUT2D eigenvalue weighted by Gasteiger charge is -2.36. The van der Waals surface area contributed by atoms with Gasteiger partial charge >= 0.3 is 0 Å². The van der Waals surface area contributed by atoms with Crippen LogP contribution in [-0.4, -0.2) is 24.5 Å². The quantitative estimate of drug-likeness (QED) is 0.556. The maximum Gasteiger partial charge on any atom is 0.227 e. The van der Waals surface area contributed by atoms with E-state index in [0.717, 1.165) is 6.42 Å². The predicted molar refractivity (Wildman–Crippen MR) is 58.7 cm³/mol. The molecule has 0 aromatic heterocycles. The van der Waals surface area contributed by atoms with E-state index in [1.54, 1.807) is 0 Å². The van der Waals surface area contributed by atoms with Crippen LogP contribution in [-0.2, 0) is 4.79 Å². The standard InChI is InChI=1S/C10H23N3O/c1-9(2,10(3,4)12)8(14)13-7-5-6-11/h5-7,11-12H2,1-4H3,(H,13,14). The van der Waals surface area contributed by atoms with E-state index >= 15 is 0 Å². The zero-order chi connectivity index (χ0) is 11.4. The van der Waals surface area contributed by atoms with Crippen LogP contribution in [0.4, 0.5) is 0 Å². The van der Waals surface area contributed by atoms with Gasteiger partial charge in [-0.25, -0.2) is 0 Å². The molecule has 0 bridgehead atoms. The van der Waals surface area contributed by atoms with Gasteiger partial charge < -0.3 is 16.8 Å². The van der Waals surface area contributed by atoms with E-state index in [4.69, 9.17) is 11.5 Å². The smallest absolute Gasteiger partial charge is 0.227 e. The number of carbonyl (C=O) groups excluding carboxylic acids is 1. The van der Waals surface area contributed by atoms with Crippen LogP contribution in [0.3, 0.4) is 0 Å². The summed E-state index contributed by atoms with van der Waals surface area (Å²) in [6, 6.07) is 0. The molecular weight excluding hydrogens is 178 g/mol. The third-order valence-electron chi connectivity index (χ3n) is 2.84. The summed E-state index contributed by atoms with van der Waals surface area (Å²) in [5.41, 5.74) is 10.2. The van der Waals surface area contributed by atoms with Gasteiger partial charge in [0.1, 0.15) is 0 Å². The highest BCUT2D eigenvalue weighted by Crippen LogP contribution is 2.28. The Morgan fingerprint density at radius 3 is 2.14 bits per heavy atom. The van der Waals surface area contributed by atoms with Gasteiger partial charge in [0.25, 0.3) is 0 Å². The van der Waals surface area contributed by atoms with E-state index in [-0.39, 0.29) is 5.91 Å². The fourth-order valence-corrected chi connectivity index (χ4v) is 0.818. The van der Waals surface area contributed by atoms with Crippen LogP contribution in [0.1, 0.15) is 34.1 Å². The number of hydrogen-bond donors (Lipinski definition) is 3. The van der Waals surface area contributed by atoms with Gasteiger partial charge in [0.2, 0.25) is 5.91 Å². The Bertz CT molecular complexity index is 194. The van der Waals surface area contributed by atoms with Gasteiger partial charge in [-0.1, -0.05) is 0 Å². The molecule has 0 aromatic rings. The van der Waals surface area contributed by atoms with Gasteiger partial charge in [0, 0.05) is 12.1 Å². The highest BCUT2D eigenvalue weighted by Gasteiger charge is 2.39. The zero-order valence-electron chi connectivity index (χ0n) is 9.68. The molecule has 0 heterocycles. The molecule has 0 radical (unpaired) electrons. The van der Waals surface area contributed by atoms with Crippen LogP contribution < -0.4 is 16.8 Å². The molecule has 84 valence electrons. The minimum absolute atomic E-state index is 0.0153. The molecule has 1 amide bonds. The van der Waals surface area contributed by atoms with Gasteiger partial charge in [-0.2, -0.15) is 0 Å². The van der Waals surface area contributed by atoms with E-state index in [0.29, 0.717) is 13.1 Å². The summed E-state index contributed by atoms with van der Waals surface area (Å²) in [5.74, 6) is -0.0153. The van der Waals surface area contributed by atoms with Gasteiger partial charge in [-0.05, 0) is 40.7 Å². The van der Waals surface area contributed by atoms with Crippen LogP contribution in [0.25, 0.3) is 0 Å². The van der Waals surface area contributed by atoms with Crippen molar-refractivity contribution in [2.45, 2.75) is 39.7 Å². The SMILES string of the molecule is CC(C)(N)C(C)(C)C(=O)NCCCN. The topological polar surface area (TPSA) is 81.1 Å². The van der Waals surface area contributed by atoms with Crippen molar-refractivity contribution in [3.05, 3.63) is 0 Å². The third kappa shape index (κ3) is 3.27. The van der Waals surface area contributed by atoms with Crippen molar-refractivity contribution in [2.75, 3.05) is 13.1 Å². The first-order valence-corrected chi connectivity index (χ1v) is 5.00. The van der Waals surface area contributed by atoms with Gasteiger partial charge in [0.05, 0.1) is 5.41 Å². The summed E-state index contributed by atoms with van der Waals surface area (Å²) in [6.07, 6.45) is 0.798. The second-order valence-electron chi connectivity index (χ2n) is 4.74. The highest BCUT2D eigenvalue weighted by molar-refractivity contribution is 5.83. The van der Waals surface area contributed by atoms with Crippen LogP contribution in [0.15, 0.2) is 0 Å². The average molecular weight is 201 g/mol. The molecule has 0 fully saturated rings. The second kappa shape index (κ2) is 4.75. The Hall–Kier alpha value is -0.610. The first kappa shape index (κ1) is 13.4. The van der Waals surface area contributed by atoms with Crippen LogP contribution in [0.5, 0.6) is 0 Å². The number of rotatable bonds is 5. The normalized spacial score (nSPS) is 12.7. The van der Waals surface area contributed by atoms with Crippen molar-refractivity contribution >= 4 is 5.91 Å². The van der Waals surface area contributed by atoms with E-state index in [9.17, 15) is 4.79 Å². The minimum atomic E-state index is -0.568. The van der Waals surface area contributed by atoms with Crippen molar-refractivity contribution in [2.24, 2.45) is 16.9 Å². The molecule has 0 aliphatic carbocycles. The predicted octanol–water partition coefficient (Wildman–Crippen LogP) is 0.215. The van der Waals surface area contributed by atoms with Crippen LogP contribution in [0, 0.1) is 5.41 Å². The van der Waals surface area contributed by atoms with Gasteiger partial charge in [0.15, 0.2) is 0 Å². The van der Waals surface area contributed by atoms with E-state index in [2.05, 4.69) is 5.32 Å². The largest absolute Gasteiger partial charge is 0.356 e. The third-order valence-corrected chi connectivity index (χ3v) is 2.84. The first-order chi connectivity index (χ1) is 6.23. The van der Waals surface area contributed by atoms with Crippen molar-refractivity contribution in [3.63, 3.8) is 0 Å². The molecule has 5 N–H and O–H groups in total. The molecular formula is C10H23N3O. The molecule has 0 aromatic carbocycles. The molecule has 0 saturated heterocycles. The van der Waals surface area contributed by atoms with Crippen LogP contribution in [0.2, 0.25) is 0 Å². The summed E-state index contributed by atoms with van der Waals surface area (Å²) in [7, 11) is 0. The molecule has 0 aliphatic heterocycles. The number of nitrogens with two attached hydrogens (primary N) is 2. The first-order valence-electron chi connectivity index (χ1n) is 5.00. The lowest BCUT2D eigenvalue weighted by atomic mass is 9.74. The fraction of sp³-hybridized carbons (Fsp3) is 0.900. The van der Waals surface area contributed by atoms with Crippen molar-refractivity contribution in [1.82, 2.24) is 5.32 Å². The van der Waals surface area contributed by atoms with E-state index in [1.807, 2.05) is 27.7 Å². The molecule has 4 heteroatoms. The Balaban J connectivity index is 4.23. The number of carbonyl (C=O) groups is 1. The summed E-state index contributed by atoms with van der Waals surface area (Å²) in [6.45, 7) is 8.63. The van der Waals surface area contributed by atoms with Crippen molar-refractivity contribution < 1.29 is 4.79 Å². The lowest BCUT2D eigenvalue weighted by molar-refractivity contribution is -0.132. The Morgan fingerprint density at radius 1 is 1.29 bits per heavy atom. The molecule has 14 heavy (non-hydrogen) atoms. The fourth-order valence-electron chi connectivity index (χ4n) is 0.818. The molecule has 0 rings (SSSR count). The van der Waals surface area contributed by atoms with E-state index in [1.165, 1.54) is 0 Å². The maximum atomic E-state index is 11.8. The van der Waals surface area contributed by atoms with Gasteiger partial charge in [-0.15, -0.1) is 0 Å². The summed E-state index contributed by atoms with van der Waals surface area (Å²) < 4.78 is 0. The molecule has 0 aliphatic rings. The van der Waals surface area contributed by atoms with Crippen LogP contribution >= 0.6 is 0 Å². The maximum absolute atomic E-state index is 11.8. The monoisotopic (exact) mass is 201 g/mol. The summed E-state index contributed by atoms with van der Waals surface area (Å²) in [4.78, 5) is 11.8. The number of hydrogen-bond acceptors (Lipinski definition) is 3. The Morgan fingerprint density at radius 2 is 1.79 bits per heavy atom. The Kier molecular flexibility index (Phi) is 4.55. The molecule has 0 saturated carbocycles.